The monoisotopic (exact) mass is 428 g/mol. The lowest BCUT2D eigenvalue weighted by atomic mass is 10.1. The Bertz CT molecular complexity index is 1060. The number of carbonyl (C=O) groups is 3. The van der Waals surface area contributed by atoms with Crippen LogP contribution in [0, 0.1) is 0 Å². The van der Waals surface area contributed by atoms with E-state index in [1.807, 2.05) is 0 Å². The summed E-state index contributed by atoms with van der Waals surface area (Å²) in [5, 5.41) is 11.8. The number of carbonyl (C=O) groups excluding carboxylic acids is 3. The summed E-state index contributed by atoms with van der Waals surface area (Å²) in [5.74, 6) is -0.897. The van der Waals surface area contributed by atoms with E-state index in [1.54, 1.807) is 48.5 Å². The summed E-state index contributed by atoms with van der Waals surface area (Å²) in [7, 11) is 0. The zero-order valence-corrected chi connectivity index (χ0v) is 16.4. The zero-order chi connectivity index (χ0) is 20.4. The second-order valence-corrected chi connectivity index (χ2v) is 7.53. The van der Waals surface area contributed by atoms with Gasteiger partial charge in [0.25, 0.3) is 11.8 Å². The molecule has 29 heavy (non-hydrogen) atoms. The molecule has 3 amide bonds. The van der Waals surface area contributed by atoms with Gasteiger partial charge in [0.05, 0.1) is 11.1 Å². The van der Waals surface area contributed by atoms with Crippen molar-refractivity contribution in [2.24, 2.45) is 0 Å². The number of benzene rings is 2. The van der Waals surface area contributed by atoms with E-state index in [0.29, 0.717) is 26.9 Å². The Hall–Kier alpha value is -3.30. The molecule has 8 nitrogen and oxygen atoms in total. The molecule has 1 N–H and O–H groups in total. The van der Waals surface area contributed by atoms with E-state index < -0.39 is 24.3 Å². The van der Waals surface area contributed by atoms with Crippen LogP contribution in [-0.4, -0.2) is 39.4 Å². The van der Waals surface area contributed by atoms with Gasteiger partial charge in [-0.3, -0.25) is 24.6 Å². The molecule has 1 aliphatic heterocycles. The normalized spacial score (nSPS) is 12.8. The van der Waals surface area contributed by atoms with Crippen LogP contribution in [0.2, 0.25) is 5.02 Å². The largest absolute Gasteiger partial charge is 0.486 e. The number of nitrogens with zero attached hydrogens (tertiary/aromatic N) is 3. The van der Waals surface area contributed by atoms with Gasteiger partial charge in [0, 0.05) is 5.02 Å². The second-order valence-electron chi connectivity index (χ2n) is 6.03. The Morgan fingerprint density at radius 1 is 1.03 bits per heavy atom. The highest BCUT2D eigenvalue weighted by atomic mass is 35.5. The summed E-state index contributed by atoms with van der Waals surface area (Å²) in [6, 6.07) is 13.3. The molecule has 3 aromatic rings. The van der Waals surface area contributed by atoms with Crippen LogP contribution in [0.1, 0.15) is 25.7 Å². The van der Waals surface area contributed by atoms with Crippen LogP contribution in [0.25, 0.3) is 0 Å². The molecule has 1 aromatic heterocycles. The van der Waals surface area contributed by atoms with E-state index in [4.69, 9.17) is 16.3 Å². The third-order valence-corrected chi connectivity index (χ3v) is 5.13. The van der Waals surface area contributed by atoms with Crippen LogP contribution in [0.15, 0.2) is 48.5 Å². The summed E-state index contributed by atoms with van der Waals surface area (Å²) in [6.07, 6.45) is 0. The van der Waals surface area contributed by atoms with Gasteiger partial charge in [0.15, 0.2) is 5.01 Å². The first-order valence-electron chi connectivity index (χ1n) is 8.47. The van der Waals surface area contributed by atoms with Crippen molar-refractivity contribution in [2.75, 3.05) is 11.9 Å². The third-order valence-electron chi connectivity index (χ3n) is 4.07. The number of halogens is 1. The lowest BCUT2D eigenvalue weighted by Gasteiger charge is -2.12. The van der Waals surface area contributed by atoms with E-state index in [1.165, 1.54) is 0 Å². The molecule has 4 rings (SSSR count). The van der Waals surface area contributed by atoms with Crippen LogP contribution in [0.3, 0.4) is 0 Å². The van der Waals surface area contributed by atoms with E-state index in [0.717, 1.165) is 16.2 Å². The van der Waals surface area contributed by atoms with Crippen LogP contribution >= 0.6 is 22.9 Å². The van der Waals surface area contributed by atoms with Crippen molar-refractivity contribution < 1.29 is 19.1 Å². The molecule has 0 radical (unpaired) electrons. The molecule has 2 heterocycles. The van der Waals surface area contributed by atoms with Crippen molar-refractivity contribution in [3.05, 3.63) is 69.7 Å². The lowest BCUT2D eigenvalue weighted by Crippen LogP contribution is -2.37. The van der Waals surface area contributed by atoms with Gasteiger partial charge in [-0.15, -0.1) is 10.2 Å². The molecule has 0 aliphatic carbocycles. The predicted molar refractivity (Wildman–Crippen MR) is 106 cm³/mol. The molecule has 0 spiro atoms. The molecular weight excluding hydrogens is 416 g/mol. The molecule has 2 aromatic carbocycles. The molecule has 0 atom stereocenters. The van der Waals surface area contributed by atoms with Crippen molar-refractivity contribution >= 4 is 45.8 Å². The minimum atomic E-state index is -0.541. The van der Waals surface area contributed by atoms with Gasteiger partial charge in [-0.05, 0) is 36.4 Å². The van der Waals surface area contributed by atoms with Crippen molar-refractivity contribution in [2.45, 2.75) is 6.61 Å². The van der Waals surface area contributed by atoms with Crippen LogP contribution < -0.4 is 10.1 Å². The quantitative estimate of drug-likeness (QED) is 0.605. The number of fused-ring (bicyclic) bond motifs is 1. The molecular formula is C19H13ClN4O4S. The standard InChI is InChI=1S/C19H13ClN4O4S/c20-11-5-7-12(8-6-11)28-10-16-22-23-19(29-16)21-15(25)9-24-17(26)13-3-1-2-4-14(13)18(24)27/h1-8H,9-10H2,(H,21,23,25). The Balaban J connectivity index is 1.33. The van der Waals surface area contributed by atoms with E-state index in [-0.39, 0.29) is 11.7 Å². The maximum Gasteiger partial charge on any atom is 0.262 e. The molecule has 146 valence electrons. The fraction of sp³-hybridized carbons (Fsp3) is 0.105. The number of nitrogens with one attached hydrogen (secondary N) is 1. The smallest absolute Gasteiger partial charge is 0.262 e. The number of rotatable bonds is 6. The number of ether oxygens (including phenoxy) is 1. The summed E-state index contributed by atoms with van der Waals surface area (Å²) in [6.45, 7) is -0.226. The van der Waals surface area contributed by atoms with E-state index >= 15 is 0 Å². The van der Waals surface area contributed by atoms with E-state index in [9.17, 15) is 14.4 Å². The number of hydrogen-bond acceptors (Lipinski definition) is 7. The Morgan fingerprint density at radius 3 is 2.34 bits per heavy atom. The molecule has 1 aliphatic rings. The van der Waals surface area contributed by atoms with Crippen molar-refractivity contribution in [1.82, 2.24) is 15.1 Å². The first-order valence-corrected chi connectivity index (χ1v) is 9.66. The fourth-order valence-corrected chi connectivity index (χ4v) is 3.52. The topological polar surface area (TPSA) is 101 Å². The Morgan fingerprint density at radius 2 is 1.69 bits per heavy atom. The Kier molecular flexibility index (Phi) is 5.24. The number of anilines is 1. The minimum Gasteiger partial charge on any atom is -0.486 e. The highest BCUT2D eigenvalue weighted by molar-refractivity contribution is 7.15. The molecule has 0 saturated heterocycles. The maximum absolute atomic E-state index is 12.3. The van der Waals surface area contributed by atoms with Gasteiger partial charge < -0.3 is 4.74 Å². The number of hydrogen-bond donors (Lipinski definition) is 1. The van der Waals surface area contributed by atoms with Crippen molar-refractivity contribution in [3.63, 3.8) is 0 Å². The van der Waals surface area contributed by atoms with Gasteiger partial charge in [-0.25, -0.2) is 0 Å². The highest BCUT2D eigenvalue weighted by Gasteiger charge is 2.36. The summed E-state index contributed by atoms with van der Waals surface area (Å²) in [5.41, 5.74) is 0.589. The average molecular weight is 429 g/mol. The van der Waals surface area contributed by atoms with E-state index in [2.05, 4.69) is 15.5 Å². The minimum absolute atomic E-state index is 0.174. The summed E-state index contributed by atoms with van der Waals surface area (Å²) in [4.78, 5) is 37.8. The van der Waals surface area contributed by atoms with Gasteiger partial charge in [0.1, 0.15) is 18.9 Å². The van der Waals surface area contributed by atoms with Crippen LogP contribution in [0.5, 0.6) is 5.75 Å². The number of amides is 3. The Labute approximate surface area is 174 Å². The molecule has 10 heteroatoms. The fourth-order valence-electron chi connectivity index (χ4n) is 2.72. The van der Waals surface area contributed by atoms with Gasteiger partial charge in [0.2, 0.25) is 11.0 Å². The van der Waals surface area contributed by atoms with Crippen molar-refractivity contribution in [3.8, 4) is 5.75 Å². The zero-order valence-electron chi connectivity index (χ0n) is 14.8. The first kappa shape index (κ1) is 19.0. The van der Waals surface area contributed by atoms with Crippen molar-refractivity contribution in [1.29, 1.82) is 0 Å². The lowest BCUT2D eigenvalue weighted by molar-refractivity contribution is -0.116. The number of aromatic nitrogens is 2. The summed E-state index contributed by atoms with van der Waals surface area (Å²) < 4.78 is 5.58. The molecule has 0 fully saturated rings. The second kappa shape index (κ2) is 7.98. The predicted octanol–water partition coefficient (Wildman–Crippen LogP) is 3.01. The third kappa shape index (κ3) is 4.10. The maximum atomic E-state index is 12.3. The van der Waals surface area contributed by atoms with Gasteiger partial charge >= 0.3 is 0 Å². The number of imide groups is 1. The average Bonchev–Trinajstić information content (AvgIpc) is 3.26. The van der Waals surface area contributed by atoms with Gasteiger partial charge in [-0.1, -0.05) is 35.1 Å². The molecule has 0 bridgehead atoms. The first-order chi connectivity index (χ1) is 14.0. The van der Waals surface area contributed by atoms with Gasteiger partial charge in [-0.2, -0.15) is 0 Å². The highest BCUT2D eigenvalue weighted by Crippen LogP contribution is 2.23. The molecule has 0 unspecified atom stereocenters. The van der Waals surface area contributed by atoms with Crippen LogP contribution in [0.4, 0.5) is 5.13 Å². The molecule has 0 saturated carbocycles. The van der Waals surface area contributed by atoms with Crippen LogP contribution in [-0.2, 0) is 11.4 Å². The SMILES string of the molecule is O=C(CN1C(=O)c2ccccc2C1=O)Nc1nnc(COc2ccc(Cl)cc2)s1. The summed E-state index contributed by atoms with van der Waals surface area (Å²) >= 11 is 6.96.